The second kappa shape index (κ2) is 7.62. The van der Waals surface area contributed by atoms with Gasteiger partial charge in [0.05, 0.1) is 15.0 Å². The Kier molecular flexibility index (Phi) is 6.14. The van der Waals surface area contributed by atoms with Crippen LogP contribution in [0.1, 0.15) is 11.1 Å². The lowest BCUT2D eigenvalue weighted by Crippen LogP contribution is -2.12. The van der Waals surface area contributed by atoms with Crippen molar-refractivity contribution in [2.24, 2.45) is 5.73 Å². The quantitative estimate of drug-likeness (QED) is 0.202. The van der Waals surface area contributed by atoms with Crippen molar-refractivity contribution in [2.45, 2.75) is 13.8 Å². The maximum absolute atomic E-state index is 11.5. The van der Waals surface area contributed by atoms with Gasteiger partial charge in [-0.2, -0.15) is 0 Å². The fourth-order valence-corrected chi connectivity index (χ4v) is 1.78. The topological polar surface area (TPSA) is 114 Å². The van der Waals surface area contributed by atoms with Gasteiger partial charge in [-0.05, 0) is 37.1 Å². The highest BCUT2D eigenvalue weighted by Gasteiger charge is 2.11. The van der Waals surface area contributed by atoms with Crippen LogP contribution in [0.4, 0.5) is 0 Å². The third kappa shape index (κ3) is 4.99. The van der Waals surface area contributed by atoms with Gasteiger partial charge in [0.15, 0.2) is 0 Å². The van der Waals surface area contributed by atoms with Crippen LogP contribution in [0.2, 0.25) is 0 Å². The van der Waals surface area contributed by atoms with E-state index in [4.69, 9.17) is 15.2 Å². The van der Waals surface area contributed by atoms with Gasteiger partial charge < -0.3 is 9.47 Å². The van der Waals surface area contributed by atoms with E-state index in [9.17, 15) is 14.9 Å². The second-order valence-corrected chi connectivity index (χ2v) is 4.63. The highest BCUT2D eigenvalue weighted by Crippen LogP contribution is 2.28. The van der Waals surface area contributed by atoms with Crippen molar-refractivity contribution < 1.29 is 24.0 Å². The van der Waals surface area contributed by atoms with E-state index in [1.807, 2.05) is 0 Å². The Labute approximate surface area is 117 Å². The Balaban J connectivity index is 2.65. The summed E-state index contributed by atoms with van der Waals surface area (Å²) in [6.45, 7) is 3.60. The third-order valence-corrected chi connectivity index (χ3v) is 3.00. The molecule has 1 aromatic rings. The zero-order chi connectivity index (χ0) is 15.1. The lowest BCUT2D eigenvalue weighted by molar-refractivity contribution is -0.710. The van der Waals surface area contributed by atoms with Gasteiger partial charge in [0.2, 0.25) is 0 Å². The van der Waals surface area contributed by atoms with Crippen molar-refractivity contribution in [3.63, 3.8) is 0 Å². The number of carbonyl (C=O) groups excluding carboxylic acids is 1. The molecule has 0 aliphatic rings. The largest absolute Gasteiger partial charge is 0.478 e. The van der Waals surface area contributed by atoms with Gasteiger partial charge in [-0.3, -0.25) is 15.2 Å². The van der Waals surface area contributed by atoms with Crippen molar-refractivity contribution in [1.29, 1.82) is 0 Å². The van der Waals surface area contributed by atoms with E-state index in [1.165, 1.54) is 0 Å². The van der Waals surface area contributed by atoms with Crippen LogP contribution in [0.25, 0.3) is 0 Å². The van der Waals surface area contributed by atoms with Crippen LogP contribution in [0.5, 0.6) is 11.5 Å². The van der Waals surface area contributed by atoms with E-state index < -0.39 is 19.9 Å². The predicted molar refractivity (Wildman–Crippen MR) is 72.5 cm³/mol. The number of rotatable bonds is 7. The molecule has 1 rings (SSSR count). The van der Waals surface area contributed by atoms with E-state index >= 15 is 0 Å². The third-order valence-electron chi connectivity index (χ3n) is 2.29. The van der Waals surface area contributed by atoms with Crippen molar-refractivity contribution >= 4 is 14.8 Å². The first-order chi connectivity index (χ1) is 9.43. The fraction of sp³-hybridized carbons (Fsp3) is 0.364. The molecule has 0 saturated carbocycles. The minimum atomic E-state index is -0.944. The first-order valence-electron chi connectivity index (χ1n) is 5.63. The van der Waals surface area contributed by atoms with Gasteiger partial charge in [-0.1, -0.05) is 0 Å². The van der Waals surface area contributed by atoms with Crippen LogP contribution in [0, 0.1) is 24.0 Å². The molecule has 1 atom stereocenters. The van der Waals surface area contributed by atoms with E-state index in [0.29, 0.717) is 17.1 Å². The summed E-state index contributed by atoms with van der Waals surface area (Å²) in [6, 6.07) is 3.36. The fourth-order valence-electron chi connectivity index (χ4n) is 1.42. The summed E-state index contributed by atoms with van der Waals surface area (Å²) in [5.41, 5.74) is 6.77. The molecular formula is C11H15N2O6P. The van der Waals surface area contributed by atoms with Crippen molar-refractivity contribution in [2.75, 3.05) is 12.9 Å². The Bertz CT molecular complexity index is 508. The summed E-state index contributed by atoms with van der Waals surface area (Å²) >= 11 is 0. The normalized spacial score (nSPS) is 10.6. The van der Waals surface area contributed by atoms with Gasteiger partial charge in [0.1, 0.15) is 18.2 Å². The summed E-state index contributed by atoms with van der Waals surface area (Å²) in [5, 5.41) is 9.01. The van der Waals surface area contributed by atoms with Crippen LogP contribution >= 0.6 is 8.81 Å². The Morgan fingerprint density at radius 2 is 1.95 bits per heavy atom. The number of benzene rings is 1. The van der Waals surface area contributed by atoms with Gasteiger partial charge in [0.25, 0.3) is 5.09 Å². The average Bonchev–Trinajstić information content (AvgIpc) is 2.35. The molecule has 0 heterocycles. The Morgan fingerprint density at radius 1 is 1.35 bits per heavy atom. The highest BCUT2D eigenvalue weighted by molar-refractivity contribution is 7.33. The maximum atomic E-state index is 11.5. The summed E-state index contributed by atoms with van der Waals surface area (Å²) in [5.74, 6) is 0.395. The van der Waals surface area contributed by atoms with Crippen LogP contribution in [-0.2, 0) is 9.42 Å². The number of esters is 1. The van der Waals surface area contributed by atoms with Gasteiger partial charge in [0, 0.05) is 0 Å². The number of aryl methyl sites for hydroxylation is 2. The number of carbonyl (C=O) groups is 1. The van der Waals surface area contributed by atoms with E-state index in [0.717, 1.165) is 5.56 Å². The van der Waals surface area contributed by atoms with Crippen LogP contribution < -0.4 is 15.2 Å². The SMILES string of the molecule is Cc1cc(OC(=O)CPO[N+](=O)[O-])c(C)cc1OCN. The summed E-state index contributed by atoms with van der Waals surface area (Å²) in [6.07, 6.45) is -0.180. The number of hydrogen-bond acceptors (Lipinski definition) is 7. The predicted octanol–water partition coefficient (Wildman–Crippen LogP) is 1.31. The molecule has 0 amide bonds. The molecule has 1 unspecified atom stereocenters. The smallest absolute Gasteiger partial charge is 0.317 e. The second-order valence-electron chi connectivity index (χ2n) is 3.80. The molecule has 0 radical (unpaired) electrons. The number of nitrogens with two attached hydrogens (primary N) is 1. The van der Waals surface area contributed by atoms with Gasteiger partial charge in [-0.25, -0.2) is 0 Å². The van der Waals surface area contributed by atoms with Gasteiger partial charge in [-0.15, -0.1) is 10.1 Å². The molecule has 0 bridgehead atoms. The van der Waals surface area contributed by atoms with Crippen molar-refractivity contribution in [1.82, 2.24) is 0 Å². The minimum absolute atomic E-state index is 0.0543. The van der Waals surface area contributed by atoms with E-state index in [-0.39, 0.29) is 12.9 Å². The maximum Gasteiger partial charge on any atom is 0.317 e. The monoisotopic (exact) mass is 302 g/mol. The van der Waals surface area contributed by atoms with E-state index in [1.54, 1.807) is 26.0 Å². The lowest BCUT2D eigenvalue weighted by Gasteiger charge is -2.12. The number of ether oxygens (including phenoxy) is 2. The molecule has 0 aliphatic carbocycles. The highest BCUT2D eigenvalue weighted by atomic mass is 31.1. The Morgan fingerprint density at radius 3 is 2.55 bits per heavy atom. The number of hydrogen-bond donors (Lipinski definition) is 1. The minimum Gasteiger partial charge on any atom is -0.478 e. The molecular weight excluding hydrogens is 287 g/mol. The molecule has 0 spiro atoms. The zero-order valence-electron chi connectivity index (χ0n) is 11.0. The molecule has 110 valence electrons. The Hall–Kier alpha value is -1.92. The number of nitrogens with zero attached hydrogens (tertiary/aromatic N) is 1. The average molecular weight is 302 g/mol. The van der Waals surface area contributed by atoms with Crippen LogP contribution in [0.15, 0.2) is 12.1 Å². The van der Waals surface area contributed by atoms with Crippen LogP contribution in [0.3, 0.4) is 0 Å². The molecule has 8 nitrogen and oxygen atoms in total. The molecule has 2 N–H and O–H groups in total. The zero-order valence-corrected chi connectivity index (χ0v) is 12.0. The van der Waals surface area contributed by atoms with Gasteiger partial charge >= 0.3 is 5.97 Å². The molecule has 0 aromatic heterocycles. The first-order valence-corrected chi connectivity index (χ1v) is 6.74. The molecule has 20 heavy (non-hydrogen) atoms. The summed E-state index contributed by atoms with van der Waals surface area (Å²) in [4.78, 5) is 21.4. The van der Waals surface area contributed by atoms with Crippen molar-refractivity contribution in [3.8, 4) is 11.5 Å². The van der Waals surface area contributed by atoms with Crippen molar-refractivity contribution in [3.05, 3.63) is 33.4 Å². The van der Waals surface area contributed by atoms with E-state index in [2.05, 4.69) is 4.62 Å². The summed E-state index contributed by atoms with van der Waals surface area (Å²) < 4.78 is 14.4. The molecule has 0 saturated heterocycles. The van der Waals surface area contributed by atoms with Crippen LogP contribution in [-0.4, -0.2) is 23.9 Å². The summed E-state index contributed by atoms with van der Waals surface area (Å²) in [7, 11) is -0.579. The molecule has 0 aliphatic heterocycles. The lowest BCUT2D eigenvalue weighted by atomic mass is 10.1. The molecule has 0 fully saturated rings. The molecule has 1 aromatic carbocycles. The molecule has 9 heteroatoms. The standard InChI is InChI=1S/C11H15N2O6P/c1-7-4-10(8(2)3-9(7)17-6-12)18-11(14)5-20-19-13(15)16/h3-4,20H,5-6,12H2,1-2H3. The first kappa shape index (κ1) is 16.1.